The second kappa shape index (κ2) is 8.32. The summed E-state index contributed by atoms with van der Waals surface area (Å²) in [4.78, 5) is 0. The molecule has 0 spiro atoms. The summed E-state index contributed by atoms with van der Waals surface area (Å²) in [6, 6.07) is 7.15. The first-order valence-corrected chi connectivity index (χ1v) is 6.41. The molecule has 0 aliphatic rings. The van der Waals surface area contributed by atoms with Crippen molar-refractivity contribution in [2.45, 2.75) is 25.6 Å². The zero-order valence-corrected chi connectivity index (χ0v) is 11.2. The number of hydrogen-bond acceptors (Lipinski definition) is 4. The average molecular weight is 274 g/mol. The minimum Gasteiger partial charge on any atom is -0.489 e. The van der Waals surface area contributed by atoms with Gasteiger partial charge >= 0.3 is 0 Å². The van der Waals surface area contributed by atoms with Crippen LogP contribution in [0.3, 0.4) is 0 Å². The quantitative estimate of drug-likeness (QED) is 0.627. The second-order valence-corrected chi connectivity index (χ2v) is 4.64. The van der Waals surface area contributed by atoms with Gasteiger partial charge in [-0.2, -0.15) is 0 Å². The third-order valence-corrected chi connectivity index (χ3v) is 2.70. The number of aliphatic hydroxyl groups is 2. The third kappa shape index (κ3) is 6.21. The zero-order chi connectivity index (χ0) is 13.4. The predicted molar refractivity (Wildman–Crippen MR) is 72.1 cm³/mol. The molecule has 2 unspecified atom stereocenters. The van der Waals surface area contributed by atoms with Gasteiger partial charge in [-0.15, -0.1) is 0 Å². The Morgan fingerprint density at radius 1 is 1.33 bits per heavy atom. The van der Waals surface area contributed by atoms with Gasteiger partial charge in [0, 0.05) is 6.54 Å². The SMILES string of the molecule is CC(O)CCNCC(O)COc1ccccc1Cl. The molecule has 0 aromatic heterocycles. The fourth-order valence-electron chi connectivity index (χ4n) is 1.39. The maximum Gasteiger partial charge on any atom is 0.138 e. The van der Waals surface area contributed by atoms with Gasteiger partial charge in [0.1, 0.15) is 18.5 Å². The molecule has 3 N–H and O–H groups in total. The summed E-state index contributed by atoms with van der Waals surface area (Å²) in [7, 11) is 0. The van der Waals surface area contributed by atoms with E-state index < -0.39 is 6.10 Å². The lowest BCUT2D eigenvalue weighted by atomic mass is 10.3. The molecule has 102 valence electrons. The molecule has 1 aromatic carbocycles. The smallest absolute Gasteiger partial charge is 0.138 e. The van der Waals surface area contributed by atoms with Gasteiger partial charge in [0.15, 0.2) is 0 Å². The van der Waals surface area contributed by atoms with Gasteiger partial charge < -0.3 is 20.3 Å². The van der Waals surface area contributed by atoms with Crippen LogP contribution in [0.1, 0.15) is 13.3 Å². The topological polar surface area (TPSA) is 61.7 Å². The van der Waals surface area contributed by atoms with Gasteiger partial charge in [0.25, 0.3) is 0 Å². The Morgan fingerprint density at radius 2 is 2.06 bits per heavy atom. The molecule has 0 amide bonds. The summed E-state index contributed by atoms with van der Waals surface area (Å²) in [6.07, 6.45) is -0.262. The maximum absolute atomic E-state index is 9.67. The van der Waals surface area contributed by atoms with E-state index in [0.29, 0.717) is 30.3 Å². The van der Waals surface area contributed by atoms with E-state index >= 15 is 0 Å². The van der Waals surface area contributed by atoms with E-state index in [0.717, 1.165) is 0 Å². The van der Waals surface area contributed by atoms with Crippen molar-refractivity contribution in [2.24, 2.45) is 0 Å². The van der Waals surface area contributed by atoms with Gasteiger partial charge in [0.2, 0.25) is 0 Å². The lowest BCUT2D eigenvalue weighted by Gasteiger charge is -2.14. The molecule has 0 fully saturated rings. The zero-order valence-electron chi connectivity index (χ0n) is 10.5. The minimum absolute atomic E-state index is 0.186. The molecule has 0 saturated heterocycles. The van der Waals surface area contributed by atoms with Crippen LogP contribution < -0.4 is 10.1 Å². The van der Waals surface area contributed by atoms with Crippen LogP contribution in [-0.2, 0) is 0 Å². The minimum atomic E-state index is -0.602. The lowest BCUT2D eigenvalue weighted by Crippen LogP contribution is -2.32. The van der Waals surface area contributed by atoms with Crippen molar-refractivity contribution < 1.29 is 14.9 Å². The highest BCUT2D eigenvalue weighted by molar-refractivity contribution is 6.32. The van der Waals surface area contributed by atoms with Gasteiger partial charge in [-0.25, -0.2) is 0 Å². The molecule has 0 aliphatic heterocycles. The highest BCUT2D eigenvalue weighted by atomic mass is 35.5. The summed E-state index contributed by atoms with van der Waals surface area (Å²) in [6.45, 7) is 3.02. The molecular weight excluding hydrogens is 254 g/mol. The van der Waals surface area contributed by atoms with Crippen LogP contribution in [0.5, 0.6) is 5.75 Å². The first kappa shape index (κ1) is 15.2. The summed E-state index contributed by atoms with van der Waals surface area (Å²) < 4.78 is 5.41. The van der Waals surface area contributed by atoms with Crippen molar-refractivity contribution in [3.63, 3.8) is 0 Å². The number of ether oxygens (including phenoxy) is 1. The van der Waals surface area contributed by atoms with E-state index in [1.807, 2.05) is 12.1 Å². The number of rotatable bonds is 8. The molecule has 5 heteroatoms. The van der Waals surface area contributed by atoms with Crippen molar-refractivity contribution in [2.75, 3.05) is 19.7 Å². The van der Waals surface area contributed by atoms with Crippen LogP contribution in [0.2, 0.25) is 5.02 Å². The van der Waals surface area contributed by atoms with Crippen LogP contribution >= 0.6 is 11.6 Å². The van der Waals surface area contributed by atoms with Crippen molar-refractivity contribution in [1.29, 1.82) is 0 Å². The number of halogens is 1. The largest absolute Gasteiger partial charge is 0.489 e. The van der Waals surface area contributed by atoms with Gasteiger partial charge in [-0.3, -0.25) is 0 Å². The fourth-order valence-corrected chi connectivity index (χ4v) is 1.58. The average Bonchev–Trinajstić information content (AvgIpc) is 2.33. The van der Waals surface area contributed by atoms with Crippen molar-refractivity contribution in [3.8, 4) is 5.75 Å². The fraction of sp³-hybridized carbons (Fsp3) is 0.538. The van der Waals surface area contributed by atoms with Gasteiger partial charge in [-0.1, -0.05) is 23.7 Å². The van der Waals surface area contributed by atoms with E-state index in [9.17, 15) is 5.11 Å². The van der Waals surface area contributed by atoms with E-state index in [1.165, 1.54) is 0 Å². The first-order valence-electron chi connectivity index (χ1n) is 6.03. The van der Waals surface area contributed by atoms with E-state index in [4.69, 9.17) is 21.4 Å². The molecule has 18 heavy (non-hydrogen) atoms. The third-order valence-electron chi connectivity index (χ3n) is 2.39. The molecule has 2 atom stereocenters. The normalized spacial score (nSPS) is 14.2. The van der Waals surface area contributed by atoms with E-state index in [-0.39, 0.29) is 12.7 Å². The Morgan fingerprint density at radius 3 is 2.72 bits per heavy atom. The van der Waals surface area contributed by atoms with Crippen molar-refractivity contribution >= 4 is 11.6 Å². The number of benzene rings is 1. The van der Waals surface area contributed by atoms with E-state index in [2.05, 4.69) is 5.32 Å². The summed E-state index contributed by atoms with van der Waals surface area (Å²) in [5, 5.41) is 22.3. The second-order valence-electron chi connectivity index (χ2n) is 4.24. The number of nitrogens with one attached hydrogen (secondary N) is 1. The van der Waals surface area contributed by atoms with Gasteiger partial charge in [0.05, 0.1) is 11.1 Å². The molecule has 1 aromatic rings. The molecule has 0 heterocycles. The monoisotopic (exact) mass is 273 g/mol. The Labute approximate surface area is 113 Å². The maximum atomic E-state index is 9.67. The van der Waals surface area contributed by atoms with Crippen molar-refractivity contribution in [1.82, 2.24) is 5.32 Å². The predicted octanol–water partition coefficient (Wildman–Crippen LogP) is 1.44. The van der Waals surface area contributed by atoms with E-state index in [1.54, 1.807) is 19.1 Å². The van der Waals surface area contributed by atoms with Crippen LogP contribution in [0.25, 0.3) is 0 Å². The highest BCUT2D eigenvalue weighted by Gasteiger charge is 2.06. The Balaban J connectivity index is 2.17. The standard InChI is InChI=1S/C13H20ClNO3/c1-10(16)6-7-15-8-11(17)9-18-13-5-3-2-4-12(13)14/h2-5,10-11,15-17H,6-9H2,1H3. The molecule has 0 radical (unpaired) electrons. The molecule has 0 saturated carbocycles. The summed E-state index contributed by atoms with van der Waals surface area (Å²) in [5.41, 5.74) is 0. The number of aliphatic hydroxyl groups excluding tert-OH is 2. The van der Waals surface area contributed by atoms with Crippen LogP contribution in [0.4, 0.5) is 0 Å². The van der Waals surface area contributed by atoms with Crippen LogP contribution in [0.15, 0.2) is 24.3 Å². The number of para-hydroxylation sites is 1. The Bertz CT molecular complexity index is 347. The highest BCUT2D eigenvalue weighted by Crippen LogP contribution is 2.22. The number of hydrogen-bond donors (Lipinski definition) is 3. The summed E-state index contributed by atoms with van der Waals surface area (Å²) >= 11 is 5.92. The first-order chi connectivity index (χ1) is 8.59. The van der Waals surface area contributed by atoms with Crippen LogP contribution in [0, 0.1) is 0 Å². The van der Waals surface area contributed by atoms with Crippen molar-refractivity contribution in [3.05, 3.63) is 29.3 Å². The Kier molecular flexibility index (Phi) is 7.05. The molecule has 1 rings (SSSR count). The molecule has 0 aliphatic carbocycles. The molecular formula is C13H20ClNO3. The van der Waals surface area contributed by atoms with Crippen LogP contribution in [-0.4, -0.2) is 42.1 Å². The summed E-state index contributed by atoms with van der Waals surface area (Å²) in [5.74, 6) is 0.571. The lowest BCUT2D eigenvalue weighted by molar-refractivity contribution is 0.105. The van der Waals surface area contributed by atoms with Gasteiger partial charge in [-0.05, 0) is 32.0 Å². The molecule has 0 bridgehead atoms. The Hall–Kier alpha value is -0.810. The molecule has 4 nitrogen and oxygen atoms in total.